The smallest absolute Gasteiger partial charge is 0.186 e. The van der Waals surface area contributed by atoms with Crippen LogP contribution in [0.25, 0.3) is 0 Å². The molecule has 2 rings (SSSR count). The van der Waals surface area contributed by atoms with Crippen molar-refractivity contribution in [3.63, 3.8) is 0 Å². The zero-order valence-electron chi connectivity index (χ0n) is 11.3. The van der Waals surface area contributed by atoms with Gasteiger partial charge in [0.2, 0.25) is 0 Å². The van der Waals surface area contributed by atoms with Crippen LogP contribution in [0.1, 0.15) is 28.2 Å². The standard InChI is InChI=1S/C15H15BrClNOS/c1-10(11-4-3-5-12(17)8-11)18(2)9-13(19)14-6-7-15(16)20-14/h3-8,10H,9H2,1-2H3. The lowest BCUT2D eigenvalue weighted by Crippen LogP contribution is -2.28. The molecule has 0 fully saturated rings. The van der Waals surface area contributed by atoms with Gasteiger partial charge in [-0.15, -0.1) is 11.3 Å². The highest BCUT2D eigenvalue weighted by Gasteiger charge is 2.17. The first-order valence-corrected chi connectivity index (χ1v) is 8.20. The van der Waals surface area contributed by atoms with Crippen molar-refractivity contribution in [2.45, 2.75) is 13.0 Å². The van der Waals surface area contributed by atoms with Gasteiger partial charge >= 0.3 is 0 Å². The average molecular weight is 373 g/mol. The Kier molecular flexibility index (Phi) is 5.38. The number of benzene rings is 1. The van der Waals surface area contributed by atoms with Gasteiger partial charge in [-0.3, -0.25) is 9.69 Å². The minimum absolute atomic E-state index is 0.136. The van der Waals surface area contributed by atoms with Crippen molar-refractivity contribution in [1.82, 2.24) is 4.90 Å². The fraction of sp³-hybridized carbons (Fsp3) is 0.267. The Morgan fingerprint density at radius 2 is 2.15 bits per heavy atom. The number of thiophene rings is 1. The molecule has 0 aliphatic carbocycles. The molecule has 0 amide bonds. The van der Waals surface area contributed by atoms with Crippen molar-refractivity contribution in [1.29, 1.82) is 0 Å². The average Bonchev–Trinajstić information content (AvgIpc) is 2.84. The van der Waals surface area contributed by atoms with E-state index in [4.69, 9.17) is 11.6 Å². The summed E-state index contributed by atoms with van der Waals surface area (Å²) < 4.78 is 0.978. The molecule has 5 heteroatoms. The van der Waals surface area contributed by atoms with Gasteiger partial charge in [0.15, 0.2) is 5.78 Å². The quantitative estimate of drug-likeness (QED) is 0.685. The van der Waals surface area contributed by atoms with E-state index in [1.54, 1.807) is 0 Å². The van der Waals surface area contributed by atoms with E-state index in [0.29, 0.717) is 6.54 Å². The summed E-state index contributed by atoms with van der Waals surface area (Å²) >= 11 is 10.9. The third kappa shape index (κ3) is 3.92. The molecule has 0 saturated carbocycles. The van der Waals surface area contributed by atoms with Crippen LogP contribution in [0.15, 0.2) is 40.2 Å². The van der Waals surface area contributed by atoms with Gasteiger partial charge in [-0.1, -0.05) is 23.7 Å². The molecule has 1 heterocycles. The molecule has 2 aromatic rings. The van der Waals surface area contributed by atoms with Gasteiger partial charge in [-0.05, 0) is 59.7 Å². The van der Waals surface area contributed by atoms with Crippen LogP contribution in [0.2, 0.25) is 5.02 Å². The number of hydrogen-bond acceptors (Lipinski definition) is 3. The first-order valence-electron chi connectivity index (χ1n) is 6.21. The number of nitrogens with zero attached hydrogens (tertiary/aromatic N) is 1. The Morgan fingerprint density at radius 3 is 2.75 bits per heavy atom. The molecule has 106 valence electrons. The van der Waals surface area contributed by atoms with Crippen LogP contribution in [0.3, 0.4) is 0 Å². The van der Waals surface area contributed by atoms with Crippen molar-refractivity contribution >= 4 is 44.7 Å². The van der Waals surface area contributed by atoms with E-state index >= 15 is 0 Å². The van der Waals surface area contributed by atoms with Crippen molar-refractivity contribution in [2.24, 2.45) is 0 Å². The monoisotopic (exact) mass is 371 g/mol. The highest BCUT2D eigenvalue weighted by molar-refractivity contribution is 9.11. The summed E-state index contributed by atoms with van der Waals surface area (Å²) in [5.41, 5.74) is 1.11. The number of hydrogen-bond donors (Lipinski definition) is 0. The molecule has 2 nitrogen and oxygen atoms in total. The van der Waals surface area contributed by atoms with Crippen molar-refractivity contribution in [3.8, 4) is 0 Å². The Hall–Kier alpha value is -0.680. The van der Waals surface area contributed by atoms with E-state index in [9.17, 15) is 4.79 Å². The SMILES string of the molecule is CC(c1cccc(Cl)c1)N(C)CC(=O)c1ccc(Br)s1. The second kappa shape index (κ2) is 6.85. The topological polar surface area (TPSA) is 20.3 Å². The molecule has 1 unspecified atom stereocenters. The van der Waals surface area contributed by atoms with Gasteiger partial charge < -0.3 is 0 Å². The fourth-order valence-electron chi connectivity index (χ4n) is 1.93. The van der Waals surface area contributed by atoms with Crippen LogP contribution in [0.4, 0.5) is 0 Å². The van der Waals surface area contributed by atoms with E-state index in [1.165, 1.54) is 11.3 Å². The van der Waals surface area contributed by atoms with Crippen LogP contribution in [0.5, 0.6) is 0 Å². The van der Waals surface area contributed by atoms with Gasteiger partial charge in [-0.25, -0.2) is 0 Å². The van der Waals surface area contributed by atoms with E-state index in [-0.39, 0.29) is 11.8 Å². The summed E-state index contributed by atoms with van der Waals surface area (Å²) in [5.74, 6) is 0.136. The molecule has 1 aromatic carbocycles. The molecule has 0 aliphatic heterocycles. The highest BCUT2D eigenvalue weighted by atomic mass is 79.9. The maximum absolute atomic E-state index is 12.2. The maximum Gasteiger partial charge on any atom is 0.186 e. The largest absolute Gasteiger partial charge is 0.292 e. The van der Waals surface area contributed by atoms with Crippen LogP contribution >= 0.6 is 38.9 Å². The molecule has 0 aliphatic rings. The molecule has 1 atom stereocenters. The minimum Gasteiger partial charge on any atom is -0.292 e. The molecular formula is C15H15BrClNOS. The molecular weight excluding hydrogens is 358 g/mol. The van der Waals surface area contributed by atoms with Crippen LogP contribution in [0, 0.1) is 0 Å². The van der Waals surface area contributed by atoms with Gasteiger partial charge in [-0.2, -0.15) is 0 Å². The summed E-state index contributed by atoms with van der Waals surface area (Å²) in [4.78, 5) is 15.0. The van der Waals surface area contributed by atoms with E-state index in [1.807, 2.05) is 48.3 Å². The minimum atomic E-state index is 0.136. The van der Waals surface area contributed by atoms with Crippen LogP contribution < -0.4 is 0 Å². The molecule has 20 heavy (non-hydrogen) atoms. The zero-order valence-corrected chi connectivity index (χ0v) is 14.4. The molecule has 1 aromatic heterocycles. The second-order valence-corrected chi connectivity index (χ2v) is 7.57. The highest BCUT2D eigenvalue weighted by Crippen LogP contribution is 2.25. The second-order valence-electron chi connectivity index (χ2n) is 4.67. The molecule has 0 bridgehead atoms. The van der Waals surface area contributed by atoms with Crippen molar-refractivity contribution in [3.05, 3.63) is 55.6 Å². The number of Topliss-reactive ketones (excluding diaryl/α,β-unsaturated/α-hetero) is 1. The zero-order chi connectivity index (χ0) is 14.7. The Morgan fingerprint density at radius 1 is 1.40 bits per heavy atom. The van der Waals surface area contributed by atoms with Crippen molar-refractivity contribution < 1.29 is 4.79 Å². The summed E-state index contributed by atoms with van der Waals surface area (Å²) in [6.07, 6.45) is 0. The fourth-order valence-corrected chi connectivity index (χ4v) is 3.44. The number of rotatable bonds is 5. The van der Waals surface area contributed by atoms with Gasteiger partial charge in [0.05, 0.1) is 15.2 Å². The Balaban J connectivity index is 2.04. The van der Waals surface area contributed by atoms with Crippen LogP contribution in [-0.2, 0) is 0 Å². The van der Waals surface area contributed by atoms with Gasteiger partial charge in [0, 0.05) is 11.1 Å². The van der Waals surface area contributed by atoms with E-state index in [2.05, 4.69) is 22.9 Å². The van der Waals surface area contributed by atoms with Crippen molar-refractivity contribution in [2.75, 3.05) is 13.6 Å². The molecule has 0 saturated heterocycles. The Bertz CT molecular complexity index is 613. The lowest BCUT2D eigenvalue weighted by molar-refractivity contribution is 0.0929. The lowest BCUT2D eigenvalue weighted by atomic mass is 10.1. The predicted molar refractivity (Wildman–Crippen MR) is 88.8 cm³/mol. The number of carbonyl (C=O) groups excluding carboxylic acids is 1. The normalized spacial score (nSPS) is 12.7. The van der Waals surface area contributed by atoms with E-state index < -0.39 is 0 Å². The van der Waals surface area contributed by atoms with Crippen LogP contribution in [-0.4, -0.2) is 24.3 Å². The van der Waals surface area contributed by atoms with Gasteiger partial charge in [0.1, 0.15) is 0 Å². The summed E-state index contributed by atoms with van der Waals surface area (Å²) in [6, 6.07) is 11.6. The predicted octanol–water partition coefficient (Wildman–Crippen LogP) is 5.04. The number of likely N-dealkylation sites (N-methyl/N-ethyl adjacent to an activating group) is 1. The first kappa shape index (κ1) is 15.7. The summed E-state index contributed by atoms with van der Waals surface area (Å²) in [7, 11) is 1.95. The lowest BCUT2D eigenvalue weighted by Gasteiger charge is -2.24. The summed E-state index contributed by atoms with van der Waals surface area (Å²) in [6.45, 7) is 2.46. The number of halogens is 2. The van der Waals surface area contributed by atoms with Gasteiger partial charge in [0.25, 0.3) is 0 Å². The summed E-state index contributed by atoms with van der Waals surface area (Å²) in [5, 5.41) is 0.719. The maximum atomic E-state index is 12.2. The molecule has 0 N–H and O–H groups in total. The third-order valence-electron chi connectivity index (χ3n) is 3.23. The third-order valence-corrected chi connectivity index (χ3v) is 5.13. The number of carbonyl (C=O) groups is 1. The first-order chi connectivity index (χ1) is 9.47. The Labute approximate surface area is 136 Å². The van der Waals surface area contributed by atoms with E-state index in [0.717, 1.165) is 19.2 Å². The molecule has 0 radical (unpaired) electrons. The molecule has 0 spiro atoms. The number of ketones is 1.